The molecule has 3 heteroatoms. The summed E-state index contributed by atoms with van der Waals surface area (Å²) in [6.07, 6.45) is 9.26. The van der Waals surface area contributed by atoms with Gasteiger partial charge in [-0.1, -0.05) is 75.3 Å². The van der Waals surface area contributed by atoms with Gasteiger partial charge in [-0.25, -0.2) is 0 Å². The van der Waals surface area contributed by atoms with Gasteiger partial charge in [-0.3, -0.25) is 4.79 Å². The molecule has 0 spiro atoms. The van der Waals surface area contributed by atoms with Crippen molar-refractivity contribution >= 4 is 82.0 Å². The molecule has 0 radical (unpaired) electrons. The zero-order chi connectivity index (χ0) is 40.0. The Kier molecular flexibility index (Phi) is 5.82. The molecular weight excluding hydrogens is 705 g/mol. The Labute approximate surface area is 341 Å². The lowest BCUT2D eigenvalue weighted by atomic mass is 9.52. The smallest absolute Gasteiger partial charge is 0.169 e. The Bertz CT molecular complexity index is 3370. The minimum atomic E-state index is -0.271. The maximum atomic E-state index is 14.6. The number of ketones is 1. The lowest BCUT2D eigenvalue weighted by Crippen LogP contribution is -2.44. The number of hydrogen-bond acceptors (Lipinski definition) is 1. The second-order valence-electron chi connectivity index (χ2n) is 23.3. The van der Waals surface area contributed by atoms with Crippen LogP contribution >= 0.6 is 0 Å². The summed E-state index contributed by atoms with van der Waals surface area (Å²) in [6.45, 7) is 24.0. The molecule has 4 heterocycles. The van der Waals surface area contributed by atoms with Crippen molar-refractivity contribution in [2.45, 2.75) is 148 Å². The van der Waals surface area contributed by atoms with Gasteiger partial charge in [-0.15, -0.1) is 0 Å². The van der Waals surface area contributed by atoms with Crippen molar-refractivity contribution in [3.05, 3.63) is 94.0 Å². The standard InChI is InChI=1S/C55H56N2O/c1-50(2,3)29-21-34-31-25-40-37(49(58)55(10)19-15-53(40,8)16-20-55)28-44(31)57-43-27-33-36-23-30(51(4,5)6)24-38-45-41(12-11-39-46(45)54(9)17-13-52(39,7)14-18-54)56(48(36)38)42(33)26-32(43)35(22-29)47(34)57/h11-12,21-28H,13-20H2,1-10H3. The number of Topliss-reactive ketones (excluding diaryl/α,β-unsaturated/α-hetero) is 1. The van der Waals surface area contributed by atoms with Crippen molar-refractivity contribution in [2.75, 3.05) is 0 Å². The highest BCUT2D eigenvalue weighted by atomic mass is 16.1. The molecule has 0 aliphatic heterocycles. The van der Waals surface area contributed by atoms with Crippen molar-refractivity contribution in [3.63, 3.8) is 0 Å². The number of nitrogens with zero attached hydrogens (tertiary/aromatic N) is 2. The Morgan fingerprint density at radius 1 is 0.448 bits per heavy atom. The molecule has 6 aliphatic carbocycles. The fourth-order valence-electron chi connectivity index (χ4n) is 13.4. The van der Waals surface area contributed by atoms with Crippen molar-refractivity contribution in [1.82, 2.24) is 8.80 Å². The molecule has 0 N–H and O–H groups in total. The Hall–Kier alpha value is -4.63. The van der Waals surface area contributed by atoms with Crippen LogP contribution in [0.4, 0.5) is 0 Å². The van der Waals surface area contributed by atoms with Crippen LogP contribution in [0.3, 0.4) is 0 Å². The van der Waals surface area contributed by atoms with Crippen LogP contribution in [0.15, 0.2) is 60.7 Å². The number of hydrogen-bond donors (Lipinski definition) is 0. The molecule has 4 bridgehead atoms. The van der Waals surface area contributed by atoms with E-state index < -0.39 is 0 Å². The Morgan fingerprint density at radius 2 is 0.879 bits per heavy atom. The SMILES string of the molecule is CC12CCC(C)(CC1)c1cc3c4cc(C(C)(C)C)cc5c6cc7c(cc6n(c3cc1C2=O)c45)c1cc(C(C)(C)C)cc2c3c4c(ccc3n7c12)C1(C)CCC4(C)CC1. The summed E-state index contributed by atoms with van der Waals surface area (Å²) in [6, 6.07) is 25.0. The molecule has 2 saturated carbocycles. The molecule has 6 aliphatic rings. The number of benzene rings is 5. The first-order chi connectivity index (χ1) is 27.3. The predicted molar refractivity (Wildman–Crippen MR) is 245 cm³/mol. The summed E-state index contributed by atoms with van der Waals surface area (Å²) in [5, 5.41) is 10.9. The molecule has 9 aromatic rings. The third-order valence-corrected chi connectivity index (χ3v) is 17.5. The Balaban J connectivity index is 1.22. The summed E-state index contributed by atoms with van der Waals surface area (Å²) in [7, 11) is 0. The minimum absolute atomic E-state index is 0.00174. The number of fused-ring (bicyclic) bond motifs is 16. The fourth-order valence-corrected chi connectivity index (χ4v) is 13.4. The fraction of sp³-hybridized carbons (Fsp3) is 0.436. The van der Waals surface area contributed by atoms with E-state index in [1.54, 1.807) is 11.1 Å². The third kappa shape index (κ3) is 3.83. The van der Waals surface area contributed by atoms with Crippen LogP contribution in [0.1, 0.15) is 159 Å². The lowest BCUT2D eigenvalue weighted by molar-refractivity contribution is 0.0732. The highest BCUT2D eigenvalue weighted by Crippen LogP contribution is 2.60. The van der Waals surface area contributed by atoms with Gasteiger partial charge in [0, 0.05) is 54.1 Å². The molecule has 15 rings (SSSR count). The van der Waals surface area contributed by atoms with Crippen molar-refractivity contribution in [3.8, 4) is 0 Å². The van der Waals surface area contributed by atoms with Crippen LogP contribution in [-0.4, -0.2) is 14.6 Å². The third-order valence-electron chi connectivity index (χ3n) is 17.5. The summed E-state index contributed by atoms with van der Waals surface area (Å²) >= 11 is 0. The van der Waals surface area contributed by atoms with Crippen molar-refractivity contribution in [1.29, 1.82) is 0 Å². The minimum Gasteiger partial charge on any atom is -0.308 e. The molecule has 0 saturated heterocycles. The van der Waals surface area contributed by atoms with Gasteiger partial charge in [0.05, 0.1) is 33.1 Å². The molecule has 0 unspecified atom stereocenters. The van der Waals surface area contributed by atoms with Gasteiger partial charge in [0.25, 0.3) is 0 Å². The van der Waals surface area contributed by atoms with Gasteiger partial charge in [0.2, 0.25) is 0 Å². The van der Waals surface area contributed by atoms with E-state index in [0.717, 1.165) is 31.2 Å². The number of carbonyl (C=O) groups excluding carboxylic acids is 1. The van der Waals surface area contributed by atoms with E-state index >= 15 is 0 Å². The maximum Gasteiger partial charge on any atom is 0.169 e. The van der Waals surface area contributed by atoms with Crippen LogP contribution in [0.25, 0.3) is 76.2 Å². The van der Waals surface area contributed by atoms with Gasteiger partial charge >= 0.3 is 0 Å². The van der Waals surface area contributed by atoms with E-state index in [2.05, 4.69) is 139 Å². The van der Waals surface area contributed by atoms with E-state index in [1.807, 2.05) is 0 Å². The molecule has 2 fully saturated rings. The maximum absolute atomic E-state index is 14.6. The highest BCUT2D eigenvalue weighted by Gasteiger charge is 2.50. The van der Waals surface area contributed by atoms with E-state index in [4.69, 9.17) is 0 Å². The van der Waals surface area contributed by atoms with Crippen LogP contribution < -0.4 is 0 Å². The topological polar surface area (TPSA) is 25.9 Å². The first-order valence-electron chi connectivity index (χ1n) is 22.4. The van der Waals surface area contributed by atoms with E-state index in [1.165, 1.54) is 119 Å². The van der Waals surface area contributed by atoms with E-state index in [-0.39, 0.29) is 32.5 Å². The van der Waals surface area contributed by atoms with E-state index in [9.17, 15) is 4.79 Å². The largest absolute Gasteiger partial charge is 0.308 e. The number of rotatable bonds is 0. The van der Waals surface area contributed by atoms with Gasteiger partial charge < -0.3 is 8.80 Å². The molecule has 0 amide bonds. The first-order valence-corrected chi connectivity index (χ1v) is 22.4. The summed E-state index contributed by atoms with van der Waals surface area (Å²) in [5.74, 6) is 0.359. The van der Waals surface area contributed by atoms with Gasteiger partial charge in [0.1, 0.15) is 0 Å². The average molecular weight is 761 g/mol. The lowest BCUT2D eigenvalue weighted by Gasteiger charge is -2.52. The summed E-state index contributed by atoms with van der Waals surface area (Å²) < 4.78 is 5.21. The monoisotopic (exact) mass is 760 g/mol. The molecule has 5 aromatic carbocycles. The van der Waals surface area contributed by atoms with Crippen LogP contribution in [-0.2, 0) is 27.1 Å². The second kappa shape index (κ2) is 9.86. The quantitative estimate of drug-likeness (QED) is 0.151. The van der Waals surface area contributed by atoms with Gasteiger partial charge in [-0.05, 0) is 161 Å². The molecule has 0 atom stereocenters. The first kappa shape index (κ1) is 34.3. The van der Waals surface area contributed by atoms with Gasteiger partial charge in [-0.2, -0.15) is 0 Å². The zero-order valence-corrected chi connectivity index (χ0v) is 36.2. The van der Waals surface area contributed by atoms with Crippen LogP contribution in [0.2, 0.25) is 0 Å². The zero-order valence-electron chi connectivity index (χ0n) is 36.2. The second-order valence-corrected chi connectivity index (χ2v) is 23.3. The number of aromatic nitrogens is 2. The normalized spacial score (nSPS) is 27.6. The number of carbonyl (C=O) groups is 1. The van der Waals surface area contributed by atoms with Crippen LogP contribution in [0.5, 0.6) is 0 Å². The van der Waals surface area contributed by atoms with Crippen molar-refractivity contribution < 1.29 is 4.79 Å². The average Bonchev–Trinajstić information content (AvgIpc) is 3.87. The molecular formula is C55H56N2O. The molecule has 58 heavy (non-hydrogen) atoms. The predicted octanol–water partition coefficient (Wildman–Crippen LogP) is 14.7. The van der Waals surface area contributed by atoms with Crippen LogP contribution in [0, 0.1) is 5.41 Å². The van der Waals surface area contributed by atoms with Gasteiger partial charge in [0.15, 0.2) is 5.78 Å². The summed E-state index contributed by atoms with van der Waals surface area (Å²) in [4.78, 5) is 14.6. The van der Waals surface area contributed by atoms with Crippen molar-refractivity contribution in [2.24, 2.45) is 5.41 Å². The molecule has 4 aromatic heterocycles. The molecule has 3 nitrogen and oxygen atoms in total. The Morgan fingerprint density at radius 3 is 1.43 bits per heavy atom. The summed E-state index contributed by atoms with van der Waals surface area (Å²) in [5.41, 5.74) is 16.3. The highest BCUT2D eigenvalue weighted by molar-refractivity contribution is 6.30. The molecule has 292 valence electrons. The van der Waals surface area contributed by atoms with E-state index in [0.29, 0.717) is 5.78 Å².